The molecular formula is C14H19Br2NO2. The SMILES string of the molecule is COCCN(CC(C)C)C(=O)c1ccc(Br)cc1Br. The number of hydrogen-bond donors (Lipinski definition) is 0. The fourth-order valence-corrected chi connectivity index (χ4v) is 2.97. The highest BCUT2D eigenvalue weighted by molar-refractivity contribution is 9.11. The minimum Gasteiger partial charge on any atom is -0.383 e. The molecule has 19 heavy (non-hydrogen) atoms. The van der Waals surface area contributed by atoms with E-state index in [1.54, 1.807) is 7.11 Å². The molecule has 0 saturated carbocycles. The van der Waals surface area contributed by atoms with Crippen molar-refractivity contribution in [2.75, 3.05) is 26.8 Å². The van der Waals surface area contributed by atoms with E-state index in [2.05, 4.69) is 45.7 Å². The summed E-state index contributed by atoms with van der Waals surface area (Å²) in [6, 6.07) is 5.59. The van der Waals surface area contributed by atoms with Gasteiger partial charge in [-0.15, -0.1) is 0 Å². The number of benzene rings is 1. The number of halogens is 2. The minimum atomic E-state index is 0.0325. The van der Waals surface area contributed by atoms with Crippen LogP contribution in [0.5, 0.6) is 0 Å². The first-order chi connectivity index (χ1) is 8.95. The van der Waals surface area contributed by atoms with Gasteiger partial charge in [0, 0.05) is 29.1 Å². The average Bonchev–Trinajstić information content (AvgIpc) is 2.33. The molecule has 1 amide bonds. The molecule has 3 nitrogen and oxygen atoms in total. The van der Waals surface area contributed by atoms with E-state index in [0.29, 0.717) is 24.6 Å². The van der Waals surface area contributed by atoms with Crippen molar-refractivity contribution in [1.29, 1.82) is 0 Å². The first-order valence-electron chi connectivity index (χ1n) is 6.19. The Morgan fingerprint density at radius 3 is 2.58 bits per heavy atom. The van der Waals surface area contributed by atoms with Crippen LogP contribution in [0.25, 0.3) is 0 Å². The van der Waals surface area contributed by atoms with Crippen molar-refractivity contribution in [3.63, 3.8) is 0 Å². The molecule has 0 fully saturated rings. The molecular weight excluding hydrogens is 374 g/mol. The number of rotatable bonds is 6. The Hall–Kier alpha value is -0.390. The highest BCUT2D eigenvalue weighted by Gasteiger charge is 2.19. The highest BCUT2D eigenvalue weighted by atomic mass is 79.9. The number of ether oxygens (including phenoxy) is 1. The summed E-state index contributed by atoms with van der Waals surface area (Å²) in [6.07, 6.45) is 0. The van der Waals surface area contributed by atoms with Crippen molar-refractivity contribution >= 4 is 37.8 Å². The predicted molar refractivity (Wildman–Crippen MR) is 84.5 cm³/mol. The van der Waals surface area contributed by atoms with E-state index in [1.165, 1.54) is 0 Å². The first kappa shape index (κ1) is 16.7. The number of nitrogens with zero attached hydrogens (tertiary/aromatic N) is 1. The highest BCUT2D eigenvalue weighted by Crippen LogP contribution is 2.23. The smallest absolute Gasteiger partial charge is 0.255 e. The Morgan fingerprint density at radius 2 is 2.05 bits per heavy atom. The van der Waals surface area contributed by atoms with Crippen LogP contribution in [0.4, 0.5) is 0 Å². The molecule has 0 aliphatic heterocycles. The molecule has 0 radical (unpaired) electrons. The van der Waals surface area contributed by atoms with Gasteiger partial charge >= 0.3 is 0 Å². The van der Waals surface area contributed by atoms with Crippen molar-refractivity contribution in [3.05, 3.63) is 32.7 Å². The molecule has 0 heterocycles. The lowest BCUT2D eigenvalue weighted by atomic mass is 10.1. The van der Waals surface area contributed by atoms with Crippen LogP contribution in [-0.2, 0) is 4.74 Å². The maximum Gasteiger partial charge on any atom is 0.255 e. The molecule has 5 heteroatoms. The van der Waals surface area contributed by atoms with E-state index < -0.39 is 0 Å². The summed E-state index contributed by atoms with van der Waals surface area (Å²) in [5.74, 6) is 0.458. The summed E-state index contributed by atoms with van der Waals surface area (Å²) < 4.78 is 6.83. The maximum atomic E-state index is 12.5. The topological polar surface area (TPSA) is 29.5 Å². The Bertz CT molecular complexity index is 435. The average molecular weight is 393 g/mol. The van der Waals surface area contributed by atoms with Gasteiger partial charge in [-0.05, 0) is 40.0 Å². The van der Waals surface area contributed by atoms with Crippen LogP contribution in [-0.4, -0.2) is 37.6 Å². The fraction of sp³-hybridized carbons (Fsp3) is 0.500. The van der Waals surface area contributed by atoms with Crippen LogP contribution in [0.3, 0.4) is 0 Å². The molecule has 1 rings (SSSR count). The number of hydrogen-bond acceptors (Lipinski definition) is 2. The van der Waals surface area contributed by atoms with E-state index >= 15 is 0 Å². The van der Waals surface area contributed by atoms with Crippen molar-refractivity contribution in [2.45, 2.75) is 13.8 Å². The van der Waals surface area contributed by atoms with Gasteiger partial charge < -0.3 is 9.64 Å². The maximum absolute atomic E-state index is 12.5. The molecule has 0 saturated heterocycles. The standard InChI is InChI=1S/C14H19Br2NO2/c1-10(2)9-17(6-7-19-3)14(18)12-5-4-11(15)8-13(12)16/h4-5,8,10H,6-7,9H2,1-3H3. The quantitative estimate of drug-likeness (QED) is 0.733. The fourth-order valence-electron chi connectivity index (χ4n) is 1.75. The summed E-state index contributed by atoms with van der Waals surface area (Å²) in [5, 5.41) is 0. The van der Waals surface area contributed by atoms with Gasteiger partial charge in [-0.25, -0.2) is 0 Å². The number of carbonyl (C=O) groups is 1. The number of carbonyl (C=O) groups excluding carboxylic acids is 1. The molecule has 0 aliphatic carbocycles. The zero-order valence-electron chi connectivity index (χ0n) is 11.5. The lowest BCUT2D eigenvalue weighted by molar-refractivity contribution is 0.0671. The summed E-state index contributed by atoms with van der Waals surface area (Å²) in [7, 11) is 1.65. The molecule has 0 N–H and O–H groups in total. The van der Waals surface area contributed by atoms with Gasteiger partial charge in [0.05, 0.1) is 12.2 Å². The van der Waals surface area contributed by atoms with Gasteiger partial charge in [0.25, 0.3) is 5.91 Å². The Balaban J connectivity index is 2.90. The summed E-state index contributed by atoms with van der Waals surface area (Å²) in [6.45, 7) is 6.08. The van der Waals surface area contributed by atoms with Crippen LogP contribution in [0.15, 0.2) is 27.1 Å². The summed E-state index contributed by atoms with van der Waals surface area (Å²) in [5.41, 5.74) is 0.681. The Kier molecular flexibility index (Phi) is 7.04. The normalized spacial score (nSPS) is 10.8. The van der Waals surface area contributed by atoms with E-state index in [-0.39, 0.29) is 5.91 Å². The zero-order valence-corrected chi connectivity index (χ0v) is 14.6. The molecule has 1 aromatic carbocycles. The van der Waals surface area contributed by atoms with Gasteiger partial charge in [-0.3, -0.25) is 4.79 Å². The second-order valence-electron chi connectivity index (χ2n) is 4.76. The molecule has 0 spiro atoms. The molecule has 106 valence electrons. The van der Waals surface area contributed by atoms with E-state index in [4.69, 9.17) is 4.74 Å². The Morgan fingerprint density at radius 1 is 1.37 bits per heavy atom. The van der Waals surface area contributed by atoms with Crippen LogP contribution >= 0.6 is 31.9 Å². The monoisotopic (exact) mass is 391 g/mol. The number of methoxy groups -OCH3 is 1. The van der Waals surface area contributed by atoms with Crippen LogP contribution in [0.2, 0.25) is 0 Å². The van der Waals surface area contributed by atoms with E-state index in [0.717, 1.165) is 15.5 Å². The third kappa shape index (κ3) is 5.24. The van der Waals surface area contributed by atoms with Crippen LogP contribution < -0.4 is 0 Å². The summed E-state index contributed by atoms with van der Waals surface area (Å²) in [4.78, 5) is 14.4. The largest absolute Gasteiger partial charge is 0.383 e. The third-order valence-corrected chi connectivity index (χ3v) is 3.75. The van der Waals surface area contributed by atoms with Crippen molar-refractivity contribution in [3.8, 4) is 0 Å². The molecule has 0 atom stereocenters. The predicted octanol–water partition coefficient (Wildman–Crippen LogP) is 3.96. The molecule has 1 aromatic rings. The van der Waals surface area contributed by atoms with Gasteiger partial charge in [-0.1, -0.05) is 29.8 Å². The van der Waals surface area contributed by atoms with Crippen LogP contribution in [0.1, 0.15) is 24.2 Å². The van der Waals surface area contributed by atoms with E-state index in [9.17, 15) is 4.79 Å². The van der Waals surface area contributed by atoms with Crippen LogP contribution in [0, 0.1) is 5.92 Å². The summed E-state index contributed by atoms with van der Waals surface area (Å²) >= 11 is 6.83. The minimum absolute atomic E-state index is 0.0325. The van der Waals surface area contributed by atoms with Gasteiger partial charge in [0.1, 0.15) is 0 Å². The van der Waals surface area contributed by atoms with Crippen molar-refractivity contribution in [1.82, 2.24) is 4.90 Å². The zero-order chi connectivity index (χ0) is 14.4. The van der Waals surface area contributed by atoms with Gasteiger partial charge in [0.15, 0.2) is 0 Å². The molecule has 0 unspecified atom stereocenters. The lowest BCUT2D eigenvalue weighted by Crippen LogP contribution is -2.36. The lowest BCUT2D eigenvalue weighted by Gasteiger charge is -2.25. The molecule has 0 aliphatic rings. The first-order valence-corrected chi connectivity index (χ1v) is 7.77. The van der Waals surface area contributed by atoms with Gasteiger partial charge in [0.2, 0.25) is 0 Å². The van der Waals surface area contributed by atoms with E-state index in [1.807, 2.05) is 23.1 Å². The second-order valence-corrected chi connectivity index (χ2v) is 6.53. The van der Waals surface area contributed by atoms with Gasteiger partial charge in [-0.2, -0.15) is 0 Å². The second kappa shape index (κ2) is 8.02. The molecule has 0 aromatic heterocycles. The number of amides is 1. The molecule has 0 bridgehead atoms. The van der Waals surface area contributed by atoms with Crippen molar-refractivity contribution < 1.29 is 9.53 Å². The van der Waals surface area contributed by atoms with Crippen molar-refractivity contribution in [2.24, 2.45) is 5.92 Å². The Labute approximate surface area is 131 Å². The third-order valence-electron chi connectivity index (χ3n) is 2.60.